The van der Waals surface area contributed by atoms with Crippen LogP contribution in [0.4, 0.5) is 0 Å². The highest BCUT2D eigenvalue weighted by Gasteiger charge is 2.27. The van der Waals surface area contributed by atoms with Gasteiger partial charge in [0.05, 0.1) is 0 Å². The summed E-state index contributed by atoms with van der Waals surface area (Å²) in [5.41, 5.74) is 0.556. The Morgan fingerprint density at radius 2 is 1.67 bits per heavy atom. The second kappa shape index (κ2) is 9.53. The van der Waals surface area contributed by atoms with Crippen LogP contribution in [-0.4, -0.2) is 59.7 Å². The quantitative estimate of drug-likeness (QED) is 0.688. The Balaban J connectivity index is 1.85. The normalized spacial score (nSPS) is 15.6. The van der Waals surface area contributed by atoms with Crippen LogP contribution < -0.4 is 4.74 Å². The summed E-state index contributed by atoms with van der Waals surface area (Å²) in [6.45, 7) is 9.60. The number of rotatable bonds is 7. The smallest absolute Gasteiger partial charge is 0.263 e. The molecule has 0 saturated carbocycles. The first-order chi connectivity index (χ1) is 12.8. The summed E-state index contributed by atoms with van der Waals surface area (Å²) in [5, 5.41) is 0. The van der Waals surface area contributed by atoms with Crippen LogP contribution in [0.1, 0.15) is 50.9 Å². The molecule has 1 fully saturated rings. The van der Waals surface area contributed by atoms with Crippen molar-refractivity contribution in [2.75, 3.05) is 26.2 Å². The highest BCUT2D eigenvalue weighted by atomic mass is 16.5. The number of nitrogens with zero attached hydrogens (tertiary/aromatic N) is 2. The molecule has 1 aromatic carbocycles. The molecule has 1 atom stereocenters. The third-order valence-corrected chi connectivity index (χ3v) is 4.78. The summed E-state index contributed by atoms with van der Waals surface area (Å²) in [7, 11) is 0. The number of ether oxygens (including phenoxy) is 1. The standard InChI is InChI=1S/C21H30N2O4/c1-15(2)8-9-20(25)22-10-12-23(13-11-22)21(26)17(4)27-19-7-5-6-18(14-19)16(3)24/h5-7,14-15,17H,8-13H2,1-4H3. The molecule has 1 heterocycles. The monoisotopic (exact) mass is 374 g/mol. The lowest BCUT2D eigenvalue weighted by Crippen LogP contribution is -2.53. The van der Waals surface area contributed by atoms with Crippen LogP contribution in [0.3, 0.4) is 0 Å². The molecule has 0 N–H and O–H groups in total. The Labute approximate surface area is 161 Å². The summed E-state index contributed by atoms with van der Waals surface area (Å²) < 4.78 is 5.74. The molecule has 1 aliphatic heterocycles. The van der Waals surface area contributed by atoms with Gasteiger partial charge in [0, 0.05) is 38.2 Å². The predicted octanol–water partition coefficient (Wildman–Crippen LogP) is 2.76. The molecule has 1 saturated heterocycles. The van der Waals surface area contributed by atoms with Crippen molar-refractivity contribution in [3.8, 4) is 5.75 Å². The molecule has 27 heavy (non-hydrogen) atoms. The average molecular weight is 374 g/mol. The average Bonchev–Trinajstić information content (AvgIpc) is 2.65. The van der Waals surface area contributed by atoms with E-state index in [2.05, 4.69) is 13.8 Å². The number of hydrogen-bond acceptors (Lipinski definition) is 4. The molecule has 6 heteroatoms. The van der Waals surface area contributed by atoms with E-state index in [0.29, 0.717) is 49.8 Å². The van der Waals surface area contributed by atoms with E-state index in [1.807, 2.05) is 4.90 Å². The van der Waals surface area contributed by atoms with Gasteiger partial charge >= 0.3 is 0 Å². The first-order valence-electron chi connectivity index (χ1n) is 9.62. The number of piperazine rings is 1. The second-order valence-electron chi connectivity index (χ2n) is 7.48. The lowest BCUT2D eigenvalue weighted by atomic mass is 10.1. The van der Waals surface area contributed by atoms with Crippen molar-refractivity contribution < 1.29 is 19.1 Å². The van der Waals surface area contributed by atoms with Crippen molar-refractivity contribution in [2.24, 2.45) is 5.92 Å². The minimum Gasteiger partial charge on any atom is -0.481 e. The van der Waals surface area contributed by atoms with E-state index in [-0.39, 0.29) is 17.6 Å². The van der Waals surface area contributed by atoms with Gasteiger partial charge in [0.15, 0.2) is 11.9 Å². The molecule has 0 radical (unpaired) electrons. The zero-order valence-electron chi connectivity index (χ0n) is 16.7. The van der Waals surface area contributed by atoms with Gasteiger partial charge in [0.1, 0.15) is 5.75 Å². The summed E-state index contributed by atoms with van der Waals surface area (Å²) in [6, 6.07) is 6.85. The molecule has 1 aliphatic rings. The van der Waals surface area contributed by atoms with Crippen molar-refractivity contribution in [3.63, 3.8) is 0 Å². The first kappa shape index (κ1) is 20.9. The Morgan fingerprint density at radius 1 is 1.04 bits per heavy atom. The van der Waals surface area contributed by atoms with Crippen LogP contribution in [0.5, 0.6) is 5.75 Å². The number of carbonyl (C=O) groups excluding carboxylic acids is 3. The van der Waals surface area contributed by atoms with Crippen molar-refractivity contribution in [1.82, 2.24) is 9.80 Å². The maximum absolute atomic E-state index is 12.6. The molecular weight excluding hydrogens is 344 g/mol. The maximum Gasteiger partial charge on any atom is 0.263 e. The Hall–Kier alpha value is -2.37. The molecule has 1 unspecified atom stereocenters. The van der Waals surface area contributed by atoms with E-state index in [9.17, 15) is 14.4 Å². The Morgan fingerprint density at radius 3 is 2.26 bits per heavy atom. The van der Waals surface area contributed by atoms with Crippen LogP contribution in [0.25, 0.3) is 0 Å². The van der Waals surface area contributed by atoms with Gasteiger partial charge in [0.2, 0.25) is 5.91 Å². The van der Waals surface area contributed by atoms with Gasteiger partial charge in [0.25, 0.3) is 5.91 Å². The van der Waals surface area contributed by atoms with Gasteiger partial charge in [-0.1, -0.05) is 26.0 Å². The van der Waals surface area contributed by atoms with Crippen LogP contribution in [0.15, 0.2) is 24.3 Å². The molecule has 0 aromatic heterocycles. The maximum atomic E-state index is 12.6. The number of carbonyl (C=O) groups is 3. The van der Waals surface area contributed by atoms with Crippen LogP contribution in [0, 0.1) is 5.92 Å². The molecule has 1 aromatic rings. The van der Waals surface area contributed by atoms with Gasteiger partial charge in [-0.05, 0) is 38.3 Å². The summed E-state index contributed by atoms with van der Waals surface area (Å²) in [4.78, 5) is 39.9. The number of Topliss-reactive ketones (excluding diaryl/α,β-unsaturated/α-hetero) is 1. The van der Waals surface area contributed by atoms with Crippen LogP contribution in [-0.2, 0) is 9.59 Å². The topological polar surface area (TPSA) is 66.9 Å². The highest BCUT2D eigenvalue weighted by molar-refractivity contribution is 5.94. The van der Waals surface area contributed by atoms with Crippen LogP contribution in [0.2, 0.25) is 0 Å². The van der Waals surface area contributed by atoms with Crippen LogP contribution >= 0.6 is 0 Å². The lowest BCUT2D eigenvalue weighted by Gasteiger charge is -2.36. The summed E-state index contributed by atoms with van der Waals surface area (Å²) >= 11 is 0. The van der Waals surface area contributed by atoms with Crippen molar-refractivity contribution in [3.05, 3.63) is 29.8 Å². The lowest BCUT2D eigenvalue weighted by molar-refractivity contribution is -0.143. The fraction of sp³-hybridized carbons (Fsp3) is 0.571. The number of amides is 2. The largest absolute Gasteiger partial charge is 0.481 e. The fourth-order valence-corrected chi connectivity index (χ4v) is 3.05. The summed E-state index contributed by atoms with van der Waals surface area (Å²) in [6.07, 6.45) is 0.815. The Bertz CT molecular complexity index is 679. The second-order valence-corrected chi connectivity index (χ2v) is 7.48. The zero-order chi connectivity index (χ0) is 20.0. The molecule has 6 nitrogen and oxygen atoms in total. The van der Waals surface area contributed by atoms with E-state index in [4.69, 9.17) is 4.74 Å². The molecule has 148 valence electrons. The summed E-state index contributed by atoms with van der Waals surface area (Å²) in [5.74, 6) is 1.04. The van der Waals surface area contributed by atoms with Crippen molar-refractivity contribution in [1.29, 1.82) is 0 Å². The fourth-order valence-electron chi connectivity index (χ4n) is 3.05. The van der Waals surface area contributed by atoms with Gasteiger partial charge < -0.3 is 14.5 Å². The van der Waals surface area contributed by atoms with E-state index >= 15 is 0 Å². The van der Waals surface area contributed by atoms with Gasteiger partial charge in [-0.3, -0.25) is 14.4 Å². The molecule has 0 spiro atoms. The van der Waals surface area contributed by atoms with Crippen molar-refractivity contribution >= 4 is 17.6 Å². The van der Waals surface area contributed by atoms with Gasteiger partial charge in [-0.2, -0.15) is 0 Å². The third kappa shape index (κ3) is 6.08. The Kier molecular flexibility index (Phi) is 7.39. The molecular formula is C21H30N2O4. The predicted molar refractivity (Wildman–Crippen MR) is 104 cm³/mol. The highest BCUT2D eigenvalue weighted by Crippen LogP contribution is 2.17. The number of hydrogen-bond donors (Lipinski definition) is 0. The molecule has 0 bridgehead atoms. The van der Waals surface area contributed by atoms with Crippen molar-refractivity contribution in [2.45, 2.75) is 46.6 Å². The van der Waals surface area contributed by atoms with E-state index in [1.54, 1.807) is 36.1 Å². The minimum absolute atomic E-state index is 0.0438. The molecule has 2 rings (SSSR count). The van der Waals surface area contributed by atoms with E-state index < -0.39 is 6.10 Å². The van der Waals surface area contributed by atoms with E-state index in [1.165, 1.54) is 6.92 Å². The number of ketones is 1. The first-order valence-corrected chi connectivity index (χ1v) is 9.62. The van der Waals surface area contributed by atoms with Gasteiger partial charge in [-0.15, -0.1) is 0 Å². The molecule has 0 aliphatic carbocycles. The SMILES string of the molecule is CC(=O)c1cccc(OC(C)C(=O)N2CCN(C(=O)CCC(C)C)CC2)c1. The zero-order valence-corrected chi connectivity index (χ0v) is 16.7. The van der Waals surface area contributed by atoms with Gasteiger partial charge in [-0.25, -0.2) is 0 Å². The minimum atomic E-state index is -0.643. The van der Waals surface area contributed by atoms with E-state index in [0.717, 1.165) is 6.42 Å². The third-order valence-electron chi connectivity index (χ3n) is 4.78. The number of benzene rings is 1. The molecule has 2 amide bonds.